The first kappa shape index (κ1) is 45.3. The molecule has 0 amide bonds. The summed E-state index contributed by atoms with van der Waals surface area (Å²) in [5, 5.41) is 45.5. The van der Waals surface area contributed by atoms with E-state index in [0.717, 1.165) is 18.4 Å². The van der Waals surface area contributed by atoms with Gasteiger partial charge in [0, 0.05) is 38.5 Å². The zero-order valence-corrected chi connectivity index (χ0v) is 37.3. The largest absolute Gasteiger partial charge is 0.459 e. The predicted molar refractivity (Wildman–Crippen MR) is 219 cm³/mol. The first-order valence-corrected chi connectivity index (χ1v) is 23.5. The third-order valence-corrected chi connectivity index (χ3v) is 16.0. The van der Waals surface area contributed by atoms with E-state index < -0.39 is 107 Å². The number of rotatable bonds is 2. The Morgan fingerprint density at radius 3 is 2.39 bits per heavy atom. The summed E-state index contributed by atoms with van der Waals surface area (Å²) in [4.78, 5) is 28.0. The molecule has 0 aromatic rings. The molecular formula is C47H70O15. The molecule has 9 aliphatic rings. The maximum atomic E-state index is 14.1. The number of carbonyl (C=O) groups is 2. The van der Waals surface area contributed by atoms with Gasteiger partial charge in [-0.05, 0) is 90.9 Å². The van der Waals surface area contributed by atoms with Crippen LogP contribution in [0, 0.1) is 17.8 Å². The maximum Gasteiger partial charge on any atom is 0.311 e. The van der Waals surface area contributed by atoms with Gasteiger partial charge in [-0.2, -0.15) is 0 Å². The summed E-state index contributed by atoms with van der Waals surface area (Å²) in [6, 6.07) is 0. The molecule has 9 aliphatic heterocycles. The first-order valence-electron chi connectivity index (χ1n) is 23.5. The van der Waals surface area contributed by atoms with Crippen molar-refractivity contribution in [3.8, 4) is 0 Å². The number of aliphatic hydroxyl groups excluding tert-OH is 3. The van der Waals surface area contributed by atoms with Crippen LogP contribution in [0.2, 0.25) is 0 Å². The van der Waals surface area contributed by atoms with E-state index in [4.69, 9.17) is 42.6 Å². The minimum atomic E-state index is -1.97. The molecule has 8 saturated heterocycles. The number of Topliss-reactive ketones (excluding diaryl/α,β-unsaturated/α-hetero) is 1. The minimum absolute atomic E-state index is 0.0379. The number of allylic oxidation sites excluding steroid dienone is 3. The standard InChI is InChI=1S/C47H70O15/c1-26-9-10-32-34(21-37(55-32)47(53)39(50)28(3)13-19-54-47)56-41(52)29(4)31-8-7-14-45(57-31)16-11-33(58-45)40(51)43(6)23-30(49)38(61-43)35-24-44(25-48)17-18-46(59-35,62-44)36-12-15-42(5,60-36)22-27(2)20-26/h9-10,20,27-29,31-40,48,50-51,53H,7-8,11-19,21-25H2,1-6H3/b10-9+,26-20+/t27-,28+,29+,31-,32+,33-,34+,35+,36+,37-,38-,39+,40-,42+,43+,44-,45-,46-,47+/m0/s1. The molecule has 8 fully saturated rings. The lowest BCUT2D eigenvalue weighted by Crippen LogP contribution is -2.59. The summed E-state index contributed by atoms with van der Waals surface area (Å²) >= 11 is 0. The Morgan fingerprint density at radius 2 is 1.60 bits per heavy atom. The topological polar surface area (TPSA) is 198 Å². The predicted octanol–water partition coefficient (Wildman–Crippen LogP) is 4.23. The Balaban J connectivity index is 1.01. The van der Waals surface area contributed by atoms with Crippen LogP contribution in [0.1, 0.15) is 131 Å². The summed E-state index contributed by atoms with van der Waals surface area (Å²) < 4.78 is 58.8. The van der Waals surface area contributed by atoms with E-state index in [1.807, 2.05) is 26.0 Å². The van der Waals surface area contributed by atoms with Gasteiger partial charge < -0.3 is 63.1 Å². The van der Waals surface area contributed by atoms with Gasteiger partial charge in [0.05, 0.1) is 48.6 Å². The lowest BCUT2D eigenvalue weighted by atomic mass is 9.87. The minimum Gasteiger partial charge on any atom is -0.459 e. The van der Waals surface area contributed by atoms with Crippen molar-refractivity contribution >= 4 is 11.8 Å². The van der Waals surface area contributed by atoms with Crippen LogP contribution >= 0.6 is 0 Å². The second-order valence-corrected chi connectivity index (χ2v) is 21.2. The third kappa shape index (κ3) is 8.09. The van der Waals surface area contributed by atoms with Crippen LogP contribution < -0.4 is 0 Å². The number of fused-ring (bicyclic) bond motifs is 10. The summed E-state index contributed by atoms with van der Waals surface area (Å²) in [6.07, 6.45) is 4.76. The monoisotopic (exact) mass is 874 g/mol. The lowest BCUT2D eigenvalue weighted by molar-refractivity contribution is -0.365. The Morgan fingerprint density at radius 1 is 0.806 bits per heavy atom. The van der Waals surface area contributed by atoms with E-state index in [1.165, 1.54) is 0 Å². The molecule has 348 valence electrons. The molecule has 62 heavy (non-hydrogen) atoms. The normalized spacial score (nSPS) is 55.0. The van der Waals surface area contributed by atoms with Crippen molar-refractivity contribution in [3.05, 3.63) is 23.8 Å². The fourth-order valence-electron chi connectivity index (χ4n) is 12.5. The lowest BCUT2D eigenvalue weighted by Gasteiger charge is -2.47. The number of hydrogen-bond donors (Lipinski definition) is 4. The molecular weight excluding hydrogens is 805 g/mol. The van der Waals surface area contributed by atoms with E-state index in [1.54, 1.807) is 13.8 Å². The molecule has 9 heterocycles. The van der Waals surface area contributed by atoms with Crippen LogP contribution in [0.25, 0.3) is 0 Å². The summed E-state index contributed by atoms with van der Waals surface area (Å²) in [7, 11) is 0. The van der Waals surface area contributed by atoms with Crippen molar-refractivity contribution in [2.45, 2.75) is 227 Å². The molecule has 2 spiro atoms. The molecule has 0 aromatic carbocycles. The van der Waals surface area contributed by atoms with Crippen molar-refractivity contribution in [2.24, 2.45) is 17.8 Å². The summed E-state index contributed by atoms with van der Waals surface area (Å²) in [5.41, 5.74) is -1.73. The molecule has 0 aromatic heterocycles. The second kappa shape index (κ2) is 16.5. The van der Waals surface area contributed by atoms with Gasteiger partial charge in [0.2, 0.25) is 5.79 Å². The van der Waals surface area contributed by atoms with Crippen LogP contribution in [0.3, 0.4) is 0 Å². The smallest absolute Gasteiger partial charge is 0.311 e. The average molecular weight is 875 g/mol. The summed E-state index contributed by atoms with van der Waals surface area (Å²) in [6.45, 7) is 11.7. The average Bonchev–Trinajstić information content (AvgIpc) is 4.06. The third-order valence-electron chi connectivity index (χ3n) is 16.0. The summed E-state index contributed by atoms with van der Waals surface area (Å²) in [5.74, 6) is -5.63. The van der Waals surface area contributed by atoms with Crippen molar-refractivity contribution in [3.63, 3.8) is 0 Å². The quantitative estimate of drug-likeness (QED) is 0.288. The Labute approximate surface area is 365 Å². The van der Waals surface area contributed by atoms with Gasteiger partial charge in [-0.25, -0.2) is 0 Å². The van der Waals surface area contributed by atoms with Crippen LogP contribution in [-0.2, 0) is 52.2 Å². The number of carbonyl (C=O) groups excluding carboxylic acids is 2. The first-order chi connectivity index (χ1) is 29.3. The Kier molecular flexibility index (Phi) is 12.0. The molecule has 9 rings (SSSR count). The van der Waals surface area contributed by atoms with E-state index in [0.29, 0.717) is 57.8 Å². The molecule has 15 nitrogen and oxygen atoms in total. The molecule has 0 radical (unpaired) electrons. The fraction of sp³-hybridized carbons (Fsp3) is 0.872. The number of ether oxygens (including phenoxy) is 9. The van der Waals surface area contributed by atoms with Crippen molar-refractivity contribution < 1.29 is 72.6 Å². The van der Waals surface area contributed by atoms with Crippen LogP contribution in [-0.4, -0.2) is 141 Å². The van der Waals surface area contributed by atoms with Gasteiger partial charge in [0.15, 0.2) is 17.4 Å². The van der Waals surface area contributed by atoms with Crippen molar-refractivity contribution in [2.75, 3.05) is 13.2 Å². The second-order valence-electron chi connectivity index (χ2n) is 21.2. The number of hydrogen-bond acceptors (Lipinski definition) is 15. The zero-order chi connectivity index (χ0) is 44.0. The van der Waals surface area contributed by atoms with Crippen LogP contribution in [0.5, 0.6) is 0 Å². The highest BCUT2D eigenvalue weighted by Crippen LogP contribution is 2.55. The van der Waals surface area contributed by atoms with Gasteiger partial charge in [-0.3, -0.25) is 9.59 Å². The Hall–Kier alpha value is -1.86. The molecule has 10 bridgehead atoms. The highest BCUT2D eigenvalue weighted by Gasteiger charge is 2.66. The number of ketones is 1. The SMILES string of the molecule is CC1=C\[C@H](C)C[C@@]2(C)CC[C@@H](O2)[C@@]23CC[C@@](CO)(C[C@@H](O2)[C@H]2O[C@](C)(CC2=O)[C@@H](O)[C@@H]2CC[C@]4(CCC[C@H](O4)[C@@H](C)C(=O)O[C@@H]4C[C@@H]([C@@]5(O)OCC[C@@H](C)[C@H]5O)O[C@@H]4\C=C\1)O2)O3. The molecule has 4 N–H and O–H groups in total. The zero-order valence-electron chi connectivity index (χ0n) is 37.3. The van der Waals surface area contributed by atoms with Gasteiger partial charge in [0.25, 0.3) is 0 Å². The fourth-order valence-corrected chi connectivity index (χ4v) is 12.5. The van der Waals surface area contributed by atoms with E-state index >= 15 is 0 Å². The molecule has 0 aliphatic carbocycles. The Bertz CT molecular complexity index is 1770. The molecule has 19 atom stereocenters. The highest BCUT2D eigenvalue weighted by atomic mass is 16.8. The van der Waals surface area contributed by atoms with E-state index in [2.05, 4.69) is 19.9 Å². The van der Waals surface area contributed by atoms with Crippen molar-refractivity contribution in [1.82, 2.24) is 0 Å². The van der Waals surface area contributed by atoms with E-state index in [-0.39, 0.29) is 50.1 Å². The van der Waals surface area contributed by atoms with E-state index in [9.17, 15) is 30.0 Å². The number of aliphatic hydroxyl groups is 4. The number of esters is 1. The molecule has 0 saturated carbocycles. The van der Waals surface area contributed by atoms with Crippen molar-refractivity contribution in [1.29, 1.82) is 0 Å². The van der Waals surface area contributed by atoms with Gasteiger partial charge in [-0.1, -0.05) is 37.6 Å². The van der Waals surface area contributed by atoms with Gasteiger partial charge in [-0.15, -0.1) is 0 Å². The molecule has 15 heteroatoms. The van der Waals surface area contributed by atoms with Gasteiger partial charge in [0.1, 0.15) is 48.3 Å². The van der Waals surface area contributed by atoms with Gasteiger partial charge >= 0.3 is 5.97 Å². The van der Waals surface area contributed by atoms with Crippen LogP contribution in [0.4, 0.5) is 0 Å². The maximum absolute atomic E-state index is 14.1. The highest BCUT2D eigenvalue weighted by molar-refractivity contribution is 5.86. The van der Waals surface area contributed by atoms with Crippen LogP contribution in [0.15, 0.2) is 23.8 Å². The molecule has 0 unspecified atom stereocenters.